The standard InChI is InChI=1S/C21H28O4/c1-14-13-21(10-11-21)19(18(23-3)17(14)22)20(2)16(25-20)9-12-24-15-7-5-4-6-8-15/h4-8,14,16,18-19H,9-13H2,1-3H3/t14-,16-,18-,19-,20+/m1/s1. The van der Waals surface area contributed by atoms with Crippen molar-refractivity contribution in [3.05, 3.63) is 30.3 Å². The van der Waals surface area contributed by atoms with Gasteiger partial charge < -0.3 is 14.2 Å². The number of Topliss-reactive ketones (excluding diaryl/α,β-unsaturated/α-hetero) is 1. The van der Waals surface area contributed by atoms with Crippen molar-refractivity contribution in [2.45, 2.75) is 57.3 Å². The molecule has 2 saturated carbocycles. The van der Waals surface area contributed by atoms with E-state index in [4.69, 9.17) is 14.2 Å². The highest BCUT2D eigenvalue weighted by Gasteiger charge is 2.71. The second-order valence-corrected chi connectivity index (χ2v) is 8.24. The van der Waals surface area contributed by atoms with Gasteiger partial charge in [0.25, 0.3) is 0 Å². The molecule has 0 bridgehead atoms. The summed E-state index contributed by atoms with van der Waals surface area (Å²) in [7, 11) is 1.67. The minimum atomic E-state index is -0.323. The number of benzene rings is 1. The summed E-state index contributed by atoms with van der Waals surface area (Å²) in [6, 6.07) is 9.86. The van der Waals surface area contributed by atoms with Crippen LogP contribution in [0.3, 0.4) is 0 Å². The summed E-state index contributed by atoms with van der Waals surface area (Å²) >= 11 is 0. The lowest BCUT2D eigenvalue weighted by Crippen LogP contribution is -2.52. The molecule has 4 rings (SSSR count). The first-order chi connectivity index (χ1) is 12.0. The van der Waals surface area contributed by atoms with Crippen molar-refractivity contribution in [2.75, 3.05) is 13.7 Å². The van der Waals surface area contributed by atoms with E-state index in [0.29, 0.717) is 6.61 Å². The molecule has 4 nitrogen and oxygen atoms in total. The first-order valence-electron chi connectivity index (χ1n) is 9.42. The molecule has 0 N–H and O–H groups in total. The van der Waals surface area contributed by atoms with E-state index in [1.807, 2.05) is 37.3 Å². The second kappa shape index (κ2) is 6.10. The van der Waals surface area contributed by atoms with Crippen molar-refractivity contribution in [3.63, 3.8) is 0 Å². The lowest BCUT2D eigenvalue weighted by Gasteiger charge is -2.42. The highest BCUT2D eigenvalue weighted by Crippen LogP contribution is 2.67. The topological polar surface area (TPSA) is 48.1 Å². The van der Waals surface area contributed by atoms with Crippen molar-refractivity contribution in [2.24, 2.45) is 17.3 Å². The highest BCUT2D eigenvalue weighted by atomic mass is 16.6. The van der Waals surface area contributed by atoms with E-state index < -0.39 is 0 Å². The van der Waals surface area contributed by atoms with Crippen LogP contribution in [0.15, 0.2) is 30.3 Å². The average Bonchev–Trinajstić information content (AvgIpc) is 3.51. The first kappa shape index (κ1) is 17.0. The largest absolute Gasteiger partial charge is 0.493 e. The van der Waals surface area contributed by atoms with Crippen LogP contribution < -0.4 is 4.74 Å². The van der Waals surface area contributed by atoms with Crippen LogP contribution in [0.1, 0.15) is 39.5 Å². The summed E-state index contributed by atoms with van der Waals surface area (Å²) in [4.78, 5) is 12.7. The van der Waals surface area contributed by atoms with Gasteiger partial charge in [-0.2, -0.15) is 0 Å². The van der Waals surface area contributed by atoms with Gasteiger partial charge in [0.15, 0.2) is 5.78 Å². The smallest absolute Gasteiger partial charge is 0.164 e. The molecule has 3 aliphatic rings. The highest BCUT2D eigenvalue weighted by molar-refractivity contribution is 5.87. The molecule has 1 spiro atoms. The number of ether oxygens (including phenoxy) is 3. The predicted molar refractivity (Wildman–Crippen MR) is 94.6 cm³/mol. The van der Waals surface area contributed by atoms with E-state index in [1.54, 1.807) is 7.11 Å². The maximum atomic E-state index is 12.7. The second-order valence-electron chi connectivity index (χ2n) is 8.24. The zero-order chi connectivity index (χ0) is 17.7. The van der Waals surface area contributed by atoms with Gasteiger partial charge in [0.1, 0.15) is 11.9 Å². The molecule has 0 amide bonds. The molecular formula is C21H28O4. The molecule has 0 radical (unpaired) electrons. The third kappa shape index (κ3) is 2.89. The van der Waals surface area contributed by atoms with Crippen LogP contribution in [0, 0.1) is 17.3 Å². The first-order valence-corrected chi connectivity index (χ1v) is 9.42. The van der Waals surface area contributed by atoms with Gasteiger partial charge in [-0.15, -0.1) is 0 Å². The quantitative estimate of drug-likeness (QED) is 0.739. The van der Waals surface area contributed by atoms with Crippen molar-refractivity contribution in [3.8, 4) is 5.75 Å². The minimum absolute atomic E-state index is 0.103. The van der Waals surface area contributed by atoms with E-state index in [-0.39, 0.29) is 40.8 Å². The number of ketones is 1. The third-order valence-corrected chi connectivity index (χ3v) is 6.58. The lowest BCUT2D eigenvalue weighted by molar-refractivity contribution is -0.148. The third-order valence-electron chi connectivity index (χ3n) is 6.58. The number of hydrogen-bond acceptors (Lipinski definition) is 4. The van der Waals surface area contributed by atoms with E-state index in [9.17, 15) is 4.79 Å². The summed E-state index contributed by atoms with van der Waals surface area (Å²) in [5.74, 6) is 1.42. The van der Waals surface area contributed by atoms with Crippen molar-refractivity contribution in [1.29, 1.82) is 0 Å². The number of para-hydroxylation sites is 1. The molecule has 0 aromatic heterocycles. The van der Waals surface area contributed by atoms with E-state index >= 15 is 0 Å². The van der Waals surface area contributed by atoms with Crippen molar-refractivity contribution < 1.29 is 19.0 Å². The van der Waals surface area contributed by atoms with Crippen molar-refractivity contribution >= 4 is 5.78 Å². The van der Waals surface area contributed by atoms with Gasteiger partial charge in [-0.05, 0) is 43.7 Å². The monoisotopic (exact) mass is 344 g/mol. The number of carbonyl (C=O) groups is 1. The number of epoxide rings is 1. The number of carbonyl (C=O) groups excluding carboxylic acids is 1. The number of methoxy groups -OCH3 is 1. The number of rotatable bonds is 6. The Morgan fingerprint density at radius 2 is 1.96 bits per heavy atom. The van der Waals surface area contributed by atoms with Gasteiger partial charge in [-0.3, -0.25) is 4.79 Å². The van der Waals surface area contributed by atoms with E-state index in [0.717, 1.165) is 18.6 Å². The van der Waals surface area contributed by atoms with Crippen LogP contribution in [0.2, 0.25) is 0 Å². The van der Waals surface area contributed by atoms with Gasteiger partial charge >= 0.3 is 0 Å². The van der Waals surface area contributed by atoms with Crippen LogP contribution in [-0.4, -0.2) is 37.3 Å². The van der Waals surface area contributed by atoms with Crippen LogP contribution in [0.25, 0.3) is 0 Å². The lowest BCUT2D eigenvalue weighted by atomic mass is 9.64. The molecule has 1 aliphatic heterocycles. The van der Waals surface area contributed by atoms with Gasteiger partial charge in [-0.25, -0.2) is 0 Å². The van der Waals surface area contributed by atoms with E-state index in [2.05, 4.69) is 6.92 Å². The Kier molecular flexibility index (Phi) is 4.16. The Labute approximate surface area is 149 Å². The minimum Gasteiger partial charge on any atom is -0.493 e. The number of hydrogen-bond donors (Lipinski definition) is 0. The summed E-state index contributed by atoms with van der Waals surface area (Å²) in [5, 5.41) is 0. The SMILES string of the molecule is CO[C@@H]1C(=O)[C@H](C)CC2(CC2)[C@H]1[C@@]1(C)O[C@@H]1CCOc1ccccc1. The summed E-state index contributed by atoms with van der Waals surface area (Å²) in [6.45, 7) is 4.85. The maximum Gasteiger partial charge on any atom is 0.164 e. The molecular weight excluding hydrogens is 316 g/mol. The fourth-order valence-electron chi connectivity index (χ4n) is 5.13. The van der Waals surface area contributed by atoms with Gasteiger partial charge in [0, 0.05) is 25.4 Å². The van der Waals surface area contributed by atoms with E-state index in [1.165, 1.54) is 12.8 Å². The molecule has 0 unspecified atom stereocenters. The Morgan fingerprint density at radius 1 is 1.24 bits per heavy atom. The molecule has 25 heavy (non-hydrogen) atoms. The summed E-state index contributed by atoms with van der Waals surface area (Å²) in [6.07, 6.45) is 4.05. The zero-order valence-corrected chi connectivity index (χ0v) is 15.4. The molecule has 1 heterocycles. The van der Waals surface area contributed by atoms with Gasteiger partial charge in [-0.1, -0.05) is 25.1 Å². The Balaban J connectivity index is 1.41. The van der Waals surface area contributed by atoms with Crippen LogP contribution in [-0.2, 0) is 14.3 Å². The zero-order valence-electron chi connectivity index (χ0n) is 15.4. The maximum absolute atomic E-state index is 12.7. The Hall–Kier alpha value is -1.39. The Morgan fingerprint density at radius 3 is 2.60 bits per heavy atom. The fourth-order valence-corrected chi connectivity index (χ4v) is 5.13. The van der Waals surface area contributed by atoms with Crippen molar-refractivity contribution in [1.82, 2.24) is 0 Å². The summed E-state index contributed by atoms with van der Waals surface area (Å²) in [5.41, 5.74) is -0.00911. The molecule has 1 saturated heterocycles. The molecule has 1 aromatic carbocycles. The normalized spacial score (nSPS) is 38.6. The summed E-state index contributed by atoms with van der Waals surface area (Å²) < 4.78 is 17.7. The van der Waals surface area contributed by atoms with Gasteiger partial charge in [0.2, 0.25) is 0 Å². The van der Waals surface area contributed by atoms with Crippen LogP contribution in [0.4, 0.5) is 0 Å². The van der Waals surface area contributed by atoms with Crippen LogP contribution in [0.5, 0.6) is 5.75 Å². The molecule has 3 fully saturated rings. The molecule has 1 aromatic rings. The van der Waals surface area contributed by atoms with Crippen LogP contribution >= 0.6 is 0 Å². The Bertz CT molecular complexity index is 639. The molecule has 4 heteroatoms. The molecule has 136 valence electrons. The predicted octanol–water partition coefficient (Wildman–Crippen LogP) is 3.63. The molecule has 5 atom stereocenters. The fraction of sp³-hybridized carbons (Fsp3) is 0.667. The average molecular weight is 344 g/mol. The molecule has 2 aliphatic carbocycles. The van der Waals surface area contributed by atoms with Gasteiger partial charge in [0.05, 0.1) is 18.3 Å².